The van der Waals surface area contributed by atoms with E-state index < -0.39 is 0 Å². The second kappa shape index (κ2) is 49.7. The summed E-state index contributed by atoms with van der Waals surface area (Å²) in [6.45, 7) is 14.8. The quantitative estimate of drug-likeness (QED) is 0.0341. The molecule has 0 bridgehead atoms. The summed E-state index contributed by atoms with van der Waals surface area (Å²) in [4.78, 5) is 41.7. The van der Waals surface area contributed by atoms with Crippen LogP contribution in [0.4, 0.5) is 0 Å². The minimum Gasteiger partial charge on any atom is -0.462 e. The first-order valence-corrected chi connectivity index (χ1v) is 29.3. The average Bonchev–Trinajstić information content (AvgIpc) is 3.30. The maximum Gasteiger partial charge on any atom is 0.306 e. The molecule has 0 aromatic carbocycles. The molecule has 0 saturated carbocycles. The van der Waals surface area contributed by atoms with Gasteiger partial charge < -0.3 is 14.4 Å². The summed E-state index contributed by atoms with van der Waals surface area (Å²) in [5.41, 5.74) is 0. The van der Waals surface area contributed by atoms with Gasteiger partial charge in [-0.05, 0) is 97.6 Å². The molecule has 0 N–H and O–H groups in total. The van der Waals surface area contributed by atoms with Gasteiger partial charge in [0.25, 0.3) is 0 Å². The van der Waals surface area contributed by atoms with E-state index in [2.05, 4.69) is 63.6 Å². The summed E-state index contributed by atoms with van der Waals surface area (Å²) in [6, 6.07) is 0. The van der Waals surface area contributed by atoms with Crippen molar-refractivity contribution in [3.8, 4) is 0 Å². The van der Waals surface area contributed by atoms with Gasteiger partial charge in [-0.25, -0.2) is 5.01 Å². The lowest BCUT2D eigenvalue weighted by Gasteiger charge is -2.36. The lowest BCUT2D eigenvalue weighted by Crippen LogP contribution is -2.49. The van der Waals surface area contributed by atoms with Crippen molar-refractivity contribution in [2.75, 3.05) is 40.3 Å². The lowest BCUT2D eigenvalue weighted by molar-refractivity contribution is -0.151. The Morgan fingerprint density at radius 2 is 0.636 bits per heavy atom. The van der Waals surface area contributed by atoms with Crippen LogP contribution in [0.3, 0.4) is 0 Å². The molecule has 8 nitrogen and oxygen atoms in total. The molecular formula is C58H115N3O5. The third-order valence-corrected chi connectivity index (χ3v) is 13.6. The molecule has 0 rings (SSSR count). The SMILES string of the molecule is CCCCCCCCC(=O)N(CCCCCCCCCC(=O)OC(CCCCCC)CCCCCC)N(CCCCCCCCC(=O)OC(CCCCCC)CCCCCC)CCN(C)C. The van der Waals surface area contributed by atoms with Crippen LogP contribution >= 0.6 is 0 Å². The number of carbonyl (C=O) groups is 3. The van der Waals surface area contributed by atoms with Crippen molar-refractivity contribution in [1.29, 1.82) is 0 Å². The van der Waals surface area contributed by atoms with Crippen LogP contribution in [0.25, 0.3) is 0 Å². The van der Waals surface area contributed by atoms with E-state index in [9.17, 15) is 14.4 Å². The topological polar surface area (TPSA) is 79.4 Å². The highest BCUT2D eigenvalue weighted by Crippen LogP contribution is 2.20. The van der Waals surface area contributed by atoms with Crippen LogP contribution in [0.2, 0.25) is 0 Å². The first-order valence-electron chi connectivity index (χ1n) is 29.3. The van der Waals surface area contributed by atoms with E-state index in [1.54, 1.807) is 0 Å². The highest BCUT2D eigenvalue weighted by molar-refractivity contribution is 5.75. The molecule has 0 aromatic heterocycles. The first-order chi connectivity index (χ1) is 32.2. The summed E-state index contributed by atoms with van der Waals surface area (Å²) in [5, 5.41) is 4.53. The normalized spacial score (nSPS) is 11.7. The smallest absolute Gasteiger partial charge is 0.306 e. The Bertz CT molecular complexity index is 1030. The third-order valence-electron chi connectivity index (χ3n) is 13.6. The second-order valence-electron chi connectivity index (χ2n) is 20.5. The van der Waals surface area contributed by atoms with Crippen molar-refractivity contribution in [2.24, 2.45) is 0 Å². The molecule has 0 unspecified atom stereocenters. The molecule has 392 valence electrons. The van der Waals surface area contributed by atoms with E-state index in [0.717, 1.165) is 129 Å². The van der Waals surface area contributed by atoms with Gasteiger partial charge in [0, 0.05) is 45.4 Å². The fourth-order valence-electron chi connectivity index (χ4n) is 9.17. The number of likely N-dealkylation sites (N-methyl/N-ethyl adjacent to an activating group) is 1. The van der Waals surface area contributed by atoms with Gasteiger partial charge in [0.15, 0.2) is 0 Å². The lowest BCUT2D eigenvalue weighted by atomic mass is 10.0. The molecule has 0 heterocycles. The van der Waals surface area contributed by atoms with E-state index in [4.69, 9.17) is 9.47 Å². The summed E-state index contributed by atoms with van der Waals surface area (Å²) < 4.78 is 12.0. The van der Waals surface area contributed by atoms with E-state index in [1.807, 2.05) is 0 Å². The number of unbranched alkanes of at least 4 members (excludes halogenated alkanes) is 28. The Hall–Kier alpha value is -1.67. The minimum atomic E-state index is 0.00654. The van der Waals surface area contributed by atoms with Gasteiger partial charge in [-0.15, -0.1) is 0 Å². The Morgan fingerprint density at radius 1 is 0.333 bits per heavy atom. The number of hydrogen-bond acceptors (Lipinski definition) is 7. The molecule has 0 atom stereocenters. The van der Waals surface area contributed by atoms with Gasteiger partial charge in [0.1, 0.15) is 12.2 Å². The van der Waals surface area contributed by atoms with Gasteiger partial charge in [0.05, 0.1) is 0 Å². The highest BCUT2D eigenvalue weighted by atomic mass is 16.5. The van der Waals surface area contributed by atoms with Crippen molar-refractivity contribution < 1.29 is 23.9 Å². The summed E-state index contributed by atoms with van der Waals surface area (Å²) in [7, 11) is 4.26. The van der Waals surface area contributed by atoms with Gasteiger partial charge in [-0.1, -0.05) is 202 Å². The van der Waals surface area contributed by atoms with Crippen LogP contribution in [-0.4, -0.2) is 85.2 Å². The van der Waals surface area contributed by atoms with Gasteiger partial charge in [0.2, 0.25) is 5.91 Å². The predicted molar refractivity (Wildman–Crippen MR) is 284 cm³/mol. The molecular weight excluding hydrogens is 819 g/mol. The molecule has 0 aromatic rings. The Labute approximate surface area is 412 Å². The number of esters is 2. The summed E-state index contributed by atoms with van der Waals surface area (Å²) in [6.07, 6.45) is 47.1. The molecule has 0 fully saturated rings. The number of hydrazine groups is 1. The van der Waals surface area contributed by atoms with Crippen LogP contribution in [0.15, 0.2) is 0 Å². The van der Waals surface area contributed by atoms with E-state index in [0.29, 0.717) is 25.2 Å². The fraction of sp³-hybridized carbons (Fsp3) is 0.948. The molecule has 0 aliphatic carbocycles. The fourth-order valence-corrected chi connectivity index (χ4v) is 9.17. The Balaban J connectivity index is 4.93. The predicted octanol–water partition coefficient (Wildman–Crippen LogP) is 16.9. The molecule has 0 radical (unpaired) electrons. The largest absolute Gasteiger partial charge is 0.462 e. The zero-order chi connectivity index (χ0) is 48.6. The minimum absolute atomic E-state index is 0.00654. The average molecular weight is 935 g/mol. The highest BCUT2D eigenvalue weighted by Gasteiger charge is 2.21. The molecule has 0 saturated heterocycles. The molecule has 1 amide bonds. The number of carbonyl (C=O) groups excluding carboxylic acids is 3. The van der Waals surface area contributed by atoms with Crippen LogP contribution in [-0.2, 0) is 23.9 Å². The number of amides is 1. The van der Waals surface area contributed by atoms with Crippen molar-refractivity contribution in [1.82, 2.24) is 14.9 Å². The molecule has 0 aliphatic rings. The van der Waals surface area contributed by atoms with E-state index >= 15 is 0 Å². The monoisotopic (exact) mass is 934 g/mol. The van der Waals surface area contributed by atoms with Crippen LogP contribution in [0.5, 0.6) is 0 Å². The van der Waals surface area contributed by atoms with Gasteiger partial charge >= 0.3 is 11.9 Å². The summed E-state index contributed by atoms with van der Waals surface area (Å²) in [5.74, 6) is 0.317. The van der Waals surface area contributed by atoms with Crippen molar-refractivity contribution in [3.63, 3.8) is 0 Å². The van der Waals surface area contributed by atoms with Gasteiger partial charge in [-0.2, -0.15) is 0 Å². The third kappa shape index (κ3) is 42.4. The molecule has 0 spiro atoms. The van der Waals surface area contributed by atoms with Crippen molar-refractivity contribution in [3.05, 3.63) is 0 Å². The van der Waals surface area contributed by atoms with Crippen molar-refractivity contribution >= 4 is 17.8 Å². The van der Waals surface area contributed by atoms with Crippen LogP contribution < -0.4 is 0 Å². The van der Waals surface area contributed by atoms with Crippen molar-refractivity contribution in [2.45, 2.75) is 317 Å². The van der Waals surface area contributed by atoms with Crippen LogP contribution in [0.1, 0.15) is 304 Å². The molecule has 8 heteroatoms. The molecule has 0 aliphatic heterocycles. The zero-order valence-corrected chi connectivity index (χ0v) is 45.6. The van der Waals surface area contributed by atoms with E-state index in [-0.39, 0.29) is 24.1 Å². The number of hydrogen-bond donors (Lipinski definition) is 0. The maximum atomic E-state index is 13.9. The maximum absolute atomic E-state index is 13.9. The Morgan fingerprint density at radius 3 is 1.00 bits per heavy atom. The first kappa shape index (κ1) is 64.3. The number of ether oxygens (including phenoxy) is 2. The van der Waals surface area contributed by atoms with Crippen LogP contribution in [0, 0.1) is 0 Å². The Kier molecular flexibility index (Phi) is 48.5. The summed E-state index contributed by atoms with van der Waals surface area (Å²) >= 11 is 0. The molecule has 66 heavy (non-hydrogen) atoms. The second-order valence-corrected chi connectivity index (χ2v) is 20.5. The van der Waals surface area contributed by atoms with E-state index in [1.165, 1.54) is 148 Å². The standard InChI is InChI=1S/C58H115N3O5/c1-8-13-18-23-29-38-47-56(62)61(51-42-33-27-24-25-30-39-48-57(63)65-54(43-34-19-14-9-2)44-35-20-15-10-3)60(53-52-59(6)7)50-41-32-28-26-31-40-49-58(64)66-55(45-36-21-16-11-4)46-37-22-17-12-5/h54-55H,8-53H2,1-7H3. The van der Waals surface area contributed by atoms with Gasteiger partial charge in [-0.3, -0.25) is 19.4 Å². The zero-order valence-electron chi connectivity index (χ0n) is 45.6. The number of nitrogens with zero attached hydrogens (tertiary/aromatic N) is 3. The number of rotatable bonds is 52.